The summed E-state index contributed by atoms with van der Waals surface area (Å²) in [6, 6.07) is 4.00. The second-order valence-electron chi connectivity index (χ2n) is 5.16. The van der Waals surface area contributed by atoms with Crippen molar-refractivity contribution in [2.45, 2.75) is 38.6 Å². The van der Waals surface area contributed by atoms with Crippen LogP contribution in [0.4, 0.5) is 13.2 Å². The van der Waals surface area contributed by atoms with Crippen LogP contribution in [0.15, 0.2) is 24.3 Å². The minimum atomic E-state index is -4.49. The van der Waals surface area contributed by atoms with E-state index in [1.54, 1.807) is 19.9 Å². The van der Waals surface area contributed by atoms with E-state index < -0.39 is 18.1 Å². The Morgan fingerprint density at radius 2 is 2.05 bits per heavy atom. The Hall–Kier alpha value is -1.76. The molecule has 1 aliphatic heterocycles. The summed E-state index contributed by atoms with van der Waals surface area (Å²) in [6.45, 7) is 3.63. The Morgan fingerprint density at radius 1 is 1.33 bits per heavy atom. The molecule has 0 saturated carbocycles. The molecule has 2 rings (SSSR count). The number of nitrogens with one attached hydrogen (secondary N) is 1. The highest BCUT2D eigenvalue weighted by Gasteiger charge is 2.47. The van der Waals surface area contributed by atoms with Crippen LogP contribution in [-0.2, 0) is 4.79 Å². The van der Waals surface area contributed by atoms with Crippen LogP contribution in [0.2, 0.25) is 0 Å². The zero-order valence-electron chi connectivity index (χ0n) is 11.8. The monoisotopic (exact) mass is 302 g/mol. The van der Waals surface area contributed by atoms with Crippen molar-refractivity contribution in [1.29, 1.82) is 0 Å². The van der Waals surface area contributed by atoms with E-state index >= 15 is 0 Å². The van der Waals surface area contributed by atoms with Crippen LogP contribution in [0, 0.1) is 0 Å². The first-order valence-corrected chi connectivity index (χ1v) is 6.67. The molecular weight excluding hydrogens is 285 g/mol. The average Bonchev–Trinajstić information content (AvgIpc) is 2.73. The molecule has 1 N–H and O–H groups in total. The van der Waals surface area contributed by atoms with E-state index in [2.05, 4.69) is 5.43 Å². The number of rotatable bonds is 4. The molecule has 116 valence electrons. The van der Waals surface area contributed by atoms with Crippen LogP contribution in [0.25, 0.3) is 0 Å². The predicted molar refractivity (Wildman–Crippen MR) is 70.5 cm³/mol. The predicted octanol–water partition coefficient (Wildman–Crippen LogP) is 2.81. The van der Waals surface area contributed by atoms with Gasteiger partial charge in [0.05, 0.1) is 6.10 Å². The van der Waals surface area contributed by atoms with Gasteiger partial charge in [0.2, 0.25) is 5.91 Å². The van der Waals surface area contributed by atoms with Crippen molar-refractivity contribution in [1.82, 2.24) is 10.4 Å². The van der Waals surface area contributed by atoms with Gasteiger partial charge in [-0.15, -0.1) is 0 Å². The third-order valence-electron chi connectivity index (χ3n) is 3.02. The van der Waals surface area contributed by atoms with Crippen molar-refractivity contribution < 1.29 is 22.7 Å². The van der Waals surface area contributed by atoms with E-state index in [0.29, 0.717) is 5.75 Å². The van der Waals surface area contributed by atoms with Gasteiger partial charge in [-0.05, 0) is 31.5 Å². The number of amides is 1. The number of ether oxygens (including phenoxy) is 1. The quantitative estimate of drug-likeness (QED) is 0.930. The first kappa shape index (κ1) is 15.6. The Kier molecular flexibility index (Phi) is 4.41. The fourth-order valence-electron chi connectivity index (χ4n) is 2.26. The smallest absolute Gasteiger partial charge is 0.409 e. The molecule has 1 aromatic rings. The van der Waals surface area contributed by atoms with Gasteiger partial charge in [-0.2, -0.15) is 13.2 Å². The molecule has 0 spiro atoms. The summed E-state index contributed by atoms with van der Waals surface area (Å²) in [6.07, 6.45) is -4.56. The molecule has 1 fully saturated rings. The van der Waals surface area contributed by atoms with Gasteiger partial charge in [0.1, 0.15) is 11.8 Å². The van der Waals surface area contributed by atoms with Gasteiger partial charge in [0.25, 0.3) is 0 Å². The standard InChI is InChI=1S/C14H17F3N2O2/c1-9(2)21-11-5-3-4-10(8-11)13(14(15,16)17)19-7-6-12(20)18-19/h3-5,8-9,13H,6-7H2,1-2H3,(H,18,20). The Balaban J connectivity index is 2.31. The second-order valence-corrected chi connectivity index (χ2v) is 5.16. The summed E-state index contributed by atoms with van der Waals surface area (Å²) in [4.78, 5) is 11.2. The lowest BCUT2D eigenvalue weighted by Gasteiger charge is -2.29. The lowest BCUT2D eigenvalue weighted by atomic mass is 10.1. The zero-order valence-corrected chi connectivity index (χ0v) is 11.8. The number of nitrogens with zero attached hydrogens (tertiary/aromatic N) is 1. The van der Waals surface area contributed by atoms with E-state index in [-0.39, 0.29) is 24.6 Å². The van der Waals surface area contributed by atoms with E-state index in [1.807, 2.05) is 0 Å². The average molecular weight is 302 g/mol. The van der Waals surface area contributed by atoms with Gasteiger partial charge < -0.3 is 4.74 Å². The largest absolute Gasteiger partial charge is 0.491 e. The lowest BCUT2D eigenvalue weighted by molar-refractivity contribution is -0.191. The number of alkyl halides is 3. The van der Waals surface area contributed by atoms with E-state index in [1.165, 1.54) is 18.2 Å². The molecule has 0 bridgehead atoms. The minimum absolute atomic E-state index is 0.0261. The fourth-order valence-corrected chi connectivity index (χ4v) is 2.26. The molecule has 1 saturated heterocycles. The lowest BCUT2D eigenvalue weighted by Crippen LogP contribution is -2.43. The molecule has 0 aromatic heterocycles. The molecule has 1 atom stereocenters. The highest BCUT2D eigenvalue weighted by atomic mass is 19.4. The third kappa shape index (κ3) is 3.87. The highest BCUT2D eigenvalue weighted by Crippen LogP contribution is 2.38. The second kappa shape index (κ2) is 5.93. The summed E-state index contributed by atoms with van der Waals surface area (Å²) >= 11 is 0. The minimum Gasteiger partial charge on any atom is -0.491 e. The molecule has 4 nitrogen and oxygen atoms in total. The number of benzene rings is 1. The van der Waals surface area contributed by atoms with Crippen LogP contribution in [0.1, 0.15) is 31.9 Å². The summed E-state index contributed by atoms with van der Waals surface area (Å²) < 4.78 is 45.5. The van der Waals surface area contributed by atoms with Crippen LogP contribution >= 0.6 is 0 Å². The Morgan fingerprint density at radius 3 is 2.57 bits per heavy atom. The number of halogens is 3. The molecule has 0 aliphatic carbocycles. The van der Waals surface area contributed by atoms with Gasteiger partial charge in [0, 0.05) is 13.0 Å². The molecule has 0 radical (unpaired) electrons. The summed E-state index contributed by atoms with van der Waals surface area (Å²) in [5.41, 5.74) is 2.30. The first-order valence-electron chi connectivity index (χ1n) is 6.67. The van der Waals surface area contributed by atoms with Crippen molar-refractivity contribution in [2.75, 3.05) is 6.54 Å². The molecule has 7 heteroatoms. The summed E-state index contributed by atoms with van der Waals surface area (Å²) in [5, 5.41) is 0.927. The number of hydrogen-bond donors (Lipinski definition) is 1. The van der Waals surface area contributed by atoms with E-state index in [9.17, 15) is 18.0 Å². The third-order valence-corrected chi connectivity index (χ3v) is 3.02. The van der Waals surface area contributed by atoms with Crippen LogP contribution < -0.4 is 10.2 Å². The fraction of sp³-hybridized carbons (Fsp3) is 0.500. The van der Waals surface area contributed by atoms with Gasteiger partial charge in [0.15, 0.2) is 0 Å². The number of hydrogen-bond acceptors (Lipinski definition) is 3. The Labute approximate surface area is 120 Å². The van der Waals surface area contributed by atoms with Crippen LogP contribution in [0.5, 0.6) is 5.75 Å². The first-order chi connectivity index (χ1) is 9.77. The molecule has 1 aliphatic rings. The van der Waals surface area contributed by atoms with Crippen molar-refractivity contribution in [3.05, 3.63) is 29.8 Å². The summed E-state index contributed by atoms with van der Waals surface area (Å²) in [5.74, 6) is -0.0268. The van der Waals surface area contributed by atoms with Gasteiger partial charge in [-0.3, -0.25) is 10.2 Å². The molecule has 21 heavy (non-hydrogen) atoms. The van der Waals surface area contributed by atoms with Crippen molar-refractivity contribution >= 4 is 5.91 Å². The van der Waals surface area contributed by atoms with Gasteiger partial charge in [-0.1, -0.05) is 12.1 Å². The van der Waals surface area contributed by atoms with Crippen molar-refractivity contribution in [3.8, 4) is 5.75 Å². The molecule has 1 heterocycles. The number of carbonyl (C=O) groups excluding carboxylic acids is 1. The van der Waals surface area contributed by atoms with Crippen molar-refractivity contribution in [2.24, 2.45) is 0 Å². The maximum absolute atomic E-state index is 13.3. The van der Waals surface area contributed by atoms with Crippen molar-refractivity contribution in [3.63, 3.8) is 0 Å². The number of carbonyl (C=O) groups is 1. The molecular formula is C14H17F3N2O2. The Bertz CT molecular complexity index is 517. The zero-order chi connectivity index (χ0) is 15.6. The van der Waals surface area contributed by atoms with Crippen LogP contribution in [-0.4, -0.2) is 29.7 Å². The van der Waals surface area contributed by atoms with E-state index in [4.69, 9.17) is 4.74 Å². The van der Waals surface area contributed by atoms with Gasteiger partial charge >= 0.3 is 6.18 Å². The van der Waals surface area contributed by atoms with E-state index in [0.717, 1.165) is 5.01 Å². The highest BCUT2D eigenvalue weighted by molar-refractivity contribution is 5.77. The number of hydrazine groups is 1. The maximum atomic E-state index is 13.3. The molecule has 1 aromatic carbocycles. The summed E-state index contributed by atoms with van der Waals surface area (Å²) in [7, 11) is 0. The SMILES string of the molecule is CC(C)Oc1cccc(C(N2CCC(=O)N2)C(F)(F)F)c1. The molecule has 1 unspecified atom stereocenters. The topological polar surface area (TPSA) is 41.6 Å². The van der Waals surface area contributed by atoms with Gasteiger partial charge in [-0.25, -0.2) is 5.01 Å². The van der Waals surface area contributed by atoms with Crippen LogP contribution in [0.3, 0.4) is 0 Å². The molecule has 1 amide bonds. The maximum Gasteiger partial charge on any atom is 0.409 e. The normalized spacial score (nSPS) is 17.9.